The summed E-state index contributed by atoms with van der Waals surface area (Å²) < 4.78 is 9.47. The molecular weight excluding hydrogens is 544 g/mol. The molecule has 0 amide bonds. The van der Waals surface area contributed by atoms with E-state index in [4.69, 9.17) is 20.0 Å². The number of rotatable bonds is 0. The number of nitrogens with zero attached hydrogens (tertiary/aromatic N) is 8. The van der Waals surface area contributed by atoms with Crippen LogP contribution in [-0.4, -0.2) is 41.6 Å². The summed E-state index contributed by atoms with van der Waals surface area (Å²) in [7, 11) is 0. The van der Waals surface area contributed by atoms with E-state index in [9.17, 15) is 0 Å². The summed E-state index contributed by atoms with van der Waals surface area (Å²) in [6.07, 6.45) is 0. The lowest BCUT2D eigenvalue weighted by atomic mass is 10.0. The molecule has 0 bridgehead atoms. The third-order valence-electron chi connectivity index (χ3n) is 10.4. The van der Waals surface area contributed by atoms with Gasteiger partial charge in [0.2, 0.25) is 11.3 Å². The van der Waals surface area contributed by atoms with Gasteiger partial charge in [0, 0.05) is 21.5 Å². The summed E-state index contributed by atoms with van der Waals surface area (Å²) in [5.41, 5.74) is 9.78. The molecule has 44 heavy (non-hydrogen) atoms. The Morgan fingerprint density at radius 3 is 2.07 bits per heavy atom. The molecule has 0 saturated carbocycles. The minimum absolute atomic E-state index is 0.905. The molecule has 0 radical (unpaired) electrons. The summed E-state index contributed by atoms with van der Waals surface area (Å²) in [6.45, 7) is 6.53. The fourth-order valence-corrected chi connectivity index (χ4v) is 8.67. The summed E-state index contributed by atoms with van der Waals surface area (Å²) in [5, 5.41) is 4.47. The Bertz CT molecular complexity index is 2800. The summed E-state index contributed by atoms with van der Waals surface area (Å²) in [4.78, 5) is 22.1. The smallest absolute Gasteiger partial charge is 0.211 e. The van der Waals surface area contributed by atoms with Gasteiger partial charge < -0.3 is 0 Å². The van der Waals surface area contributed by atoms with E-state index in [1.807, 2.05) is 0 Å². The van der Waals surface area contributed by atoms with Crippen molar-refractivity contribution in [1.82, 2.24) is 9.13 Å². The van der Waals surface area contributed by atoms with Crippen LogP contribution in [0.15, 0.2) is 98.8 Å². The number of fused-ring (bicyclic) bond motifs is 12. The fourth-order valence-electron chi connectivity index (χ4n) is 8.67. The van der Waals surface area contributed by atoms with Gasteiger partial charge in [-0.05, 0) is 61.7 Å². The van der Waals surface area contributed by atoms with Gasteiger partial charge in [-0.1, -0.05) is 69.6 Å². The van der Waals surface area contributed by atoms with E-state index < -0.39 is 5.91 Å². The van der Waals surface area contributed by atoms with E-state index in [-0.39, 0.29) is 0 Å². The maximum atomic E-state index is 5.54. The van der Waals surface area contributed by atoms with Crippen LogP contribution in [0, 0.1) is 20.8 Å². The van der Waals surface area contributed by atoms with Crippen LogP contribution < -0.4 is 11.0 Å². The van der Waals surface area contributed by atoms with Crippen molar-refractivity contribution >= 4 is 56.5 Å². The predicted octanol–water partition coefficient (Wildman–Crippen LogP) is 4.63. The Labute approximate surface area is 249 Å². The SMILES string of the molecule is Cc1cccc2c1C1=[N+]3C2=Nc2c4cccc(C)c4c4n2[C@@]32n3c(c5cccc(C)c5c3=NC3=[N+]2C(=N1)c1ccccc13)=N4. The van der Waals surface area contributed by atoms with E-state index in [1.165, 1.54) is 16.7 Å². The van der Waals surface area contributed by atoms with Crippen LogP contribution in [0.25, 0.3) is 21.5 Å². The Morgan fingerprint density at radius 2 is 1.20 bits per heavy atom. The van der Waals surface area contributed by atoms with E-state index in [0.717, 1.165) is 89.8 Å². The van der Waals surface area contributed by atoms with Crippen molar-refractivity contribution in [2.75, 3.05) is 0 Å². The number of aryl methyl sites for hydroxylation is 3. The van der Waals surface area contributed by atoms with Gasteiger partial charge in [-0.2, -0.15) is 0 Å². The van der Waals surface area contributed by atoms with Gasteiger partial charge in [-0.25, -0.2) is 14.1 Å². The highest BCUT2D eigenvalue weighted by Crippen LogP contribution is 2.52. The molecule has 204 valence electrons. The zero-order chi connectivity index (χ0) is 28.8. The molecule has 0 saturated heterocycles. The zero-order valence-corrected chi connectivity index (χ0v) is 24.1. The Balaban J connectivity index is 1.46. The number of benzene rings is 4. The van der Waals surface area contributed by atoms with Crippen molar-refractivity contribution in [3.05, 3.63) is 129 Å². The van der Waals surface area contributed by atoms with Crippen LogP contribution in [0.3, 0.4) is 0 Å². The van der Waals surface area contributed by atoms with Crippen LogP contribution in [0.4, 0.5) is 11.6 Å². The second-order valence-electron chi connectivity index (χ2n) is 12.5. The maximum absolute atomic E-state index is 5.54. The molecule has 1 atom stereocenters. The van der Waals surface area contributed by atoms with Crippen molar-refractivity contribution in [3.63, 3.8) is 0 Å². The van der Waals surface area contributed by atoms with Crippen LogP contribution >= 0.6 is 0 Å². The topological polar surface area (TPSA) is 65.3 Å². The average Bonchev–Trinajstić information content (AvgIpc) is 3.75. The molecule has 6 aromatic rings. The maximum Gasteiger partial charge on any atom is 0.402 e. The van der Waals surface area contributed by atoms with E-state index in [1.54, 1.807) is 0 Å². The van der Waals surface area contributed by atoms with Gasteiger partial charge in [0.05, 0.1) is 22.3 Å². The molecule has 12 rings (SSSR count). The fraction of sp³-hybridized carbons (Fsp3) is 0.111. The van der Waals surface area contributed by atoms with E-state index in [0.29, 0.717) is 0 Å². The number of aliphatic imine (C=N–C) groups is 2. The Morgan fingerprint density at radius 1 is 0.523 bits per heavy atom. The molecule has 2 aromatic heterocycles. The lowest BCUT2D eigenvalue weighted by Gasteiger charge is -2.41. The number of aromatic nitrogens is 2. The third-order valence-corrected chi connectivity index (χ3v) is 10.4. The van der Waals surface area contributed by atoms with Crippen molar-refractivity contribution in [2.45, 2.75) is 26.7 Å². The highest BCUT2D eigenvalue weighted by Gasteiger charge is 2.69. The highest BCUT2D eigenvalue weighted by molar-refractivity contribution is 6.24. The molecule has 4 aromatic carbocycles. The second-order valence-corrected chi connectivity index (χ2v) is 12.5. The lowest BCUT2D eigenvalue weighted by molar-refractivity contribution is -0.791. The van der Waals surface area contributed by atoms with Gasteiger partial charge >= 0.3 is 5.91 Å². The standard InChI is InChI=1S/C36H22N8/c1-17-9-6-14-22-25(17)33-38-28-20-12-4-5-13-21(20)29-39-34-27-19(3)11-8-16-24(27)32-40-35-26-18(2)10-7-15-23(26)31-37-30(22)42(33)36(41(28)29,43(31)35)44(32)34/h4-16H,1-3H3/q+2/t36-/m0/s1. The quantitative estimate of drug-likeness (QED) is 0.241. The molecule has 6 aliphatic rings. The van der Waals surface area contributed by atoms with Crippen molar-refractivity contribution in [3.8, 4) is 0 Å². The Kier molecular flexibility index (Phi) is 3.27. The zero-order valence-electron chi connectivity index (χ0n) is 24.1. The molecule has 6 aliphatic heterocycles. The predicted molar refractivity (Wildman–Crippen MR) is 168 cm³/mol. The van der Waals surface area contributed by atoms with Crippen molar-refractivity contribution in [1.29, 1.82) is 0 Å². The molecule has 8 nitrogen and oxygen atoms in total. The van der Waals surface area contributed by atoms with E-state index in [2.05, 4.69) is 118 Å². The van der Waals surface area contributed by atoms with Gasteiger partial charge in [-0.15, -0.1) is 9.15 Å². The van der Waals surface area contributed by atoms with Gasteiger partial charge in [0.25, 0.3) is 23.3 Å². The molecular formula is C36H22N8+2. The summed E-state index contributed by atoms with van der Waals surface area (Å²) >= 11 is 0. The molecule has 1 spiro atoms. The number of amidine groups is 4. The first-order chi connectivity index (χ1) is 21.6. The molecule has 0 fully saturated rings. The lowest BCUT2D eigenvalue weighted by Crippen LogP contribution is -2.71. The van der Waals surface area contributed by atoms with Gasteiger partial charge in [-0.3, -0.25) is 0 Å². The first-order valence-electron chi connectivity index (χ1n) is 15.0. The highest BCUT2D eigenvalue weighted by atomic mass is 15.7. The molecule has 8 heterocycles. The normalized spacial score (nSPS) is 20.2. The average molecular weight is 567 g/mol. The second kappa shape index (κ2) is 6.58. The summed E-state index contributed by atoms with van der Waals surface area (Å²) in [6, 6.07) is 28.1. The molecule has 0 unspecified atom stereocenters. The van der Waals surface area contributed by atoms with Crippen LogP contribution in [-0.2, 0) is 5.91 Å². The van der Waals surface area contributed by atoms with Crippen LogP contribution in [0.1, 0.15) is 38.9 Å². The number of hydrogen-bond acceptors (Lipinski definition) is 4. The molecule has 0 N–H and O–H groups in total. The first-order valence-corrected chi connectivity index (χ1v) is 15.0. The first kappa shape index (κ1) is 21.9. The molecule has 8 heteroatoms. The van der Waals surface area contributed by atoms with Gasteiger partial charge in [0.15, 0.2) is 11.3 Å². The molecule has 0 aliphatic carbocycles. The van der Waals surface area contributed by atoms with Gasteiger partial charge in [0.1, 0.15) is 0 Å². The largest absolute Gasteiger partial charge is 0.402 e. The minimum atomic E-state index is -0.945. The monoisotopic (exact) mass is 566 g/mol. The van der Waals surface area contributed by atoms with Crippen molar-refractivity contribution in [2.24, 2.45) is 20.0 Å². The van der Waals surface area contributed by atoms with Crippen LogP contribution in [0.2, 0.25) is 0 Å². The summed E-state index contributed by atoms with van der Waals surface area (Å²) in [5.74, 6) is 4.52. The third kappa shape index (κ3) is 1.97. The Hall–Kier alpha value is -5.76. The van der Waals surface area contributed by atoms with Crippen molar-refractivity contribution < 1.29 is 9.15 Å². The van der Waals surface area contributed by atoms with Crippen LogP contribution in [0.5, 0.6) is 0 Å². The minimum Gasteiger partial charge on any atom is -0.211 e. The number of hydrogen-bond donors (Lipinski definition) is 0. The van der Waals surface area contributed by atoms with E-state index >= 15 is 0 Å².